The molecule has 2 heterocycles. The van der Waals surface area contributed by atoms with Crippen molar-refractivity contribution in [2.45, 2.75) is 11.7 Å². The van der Waals surface area contributed by atoms with Gasteiger partial charge in [0.05, 0.1) is 17.2 Å². The maximum Gasteiger partial charge on any atom is 0.242 e. The first-order valence-corrected chi connectivity index (χ1v) is 12.7. The molecule has 184 valence electrons. The lowest BCUT2D eigenvalue weighted by molar-refractivity contribution is -0.125. The van der Waals surface area contributed by atoms with Gasteiger partial charge in [0, 0.05) is 23.9 Å². The second-order valence-corrected chi connectivity index (χ2v) is 9.55. The van der Waals surface area contributed by atoms with Crippen molar-refractivity contribution in [3.05, 3.63) is 121 Å². The molecule has 4 aromatic rings. The molecule has 1 fully saturated rings. The molecule has 0 radical (unpaired) electrons. The summed E-state index contributed by atoms with van der Waals surface area (Å²) >= 11 is 1.35. The number of hydrogen-bond donors (Lipinski definition) is 0. The Morgan fingerprint density at radius 3 is 2.41 bits per heavy atom. The van der Waals surface area contributed by atoms with Crippen molar-refractivity contribution in [1.82, 2.24) is 14.7 Å². The highest BCUT2D eigenvalue weighted by Gasteiger charge is 2.37. The monoisotopic (exact) mass is 509 g/mol. The molecular weight excluding hydrogens is 485 g/mol. The molecule has 5 rings (SSSR count). The number of halogens is 1. The molecule has 0 N–H and O–H groups in total. The summed E-state index contributed by atoms with van der Waals surface area (Å²) in [5.74, 6) is -0.366. The second-order valence-electron chi connectivity index (χ2n) is 8.38. The summed E-state index contributed by atoms with van der Waals surface area (Å²) in [4.78, 5) is 14.6. The van der Waals surface area contributed by atoms with Gasteiger partial charge in [0.15, 0.2) is 5.17 Å². The summed E-state index contributed by atoms with van der Waals surface area (Å²) in [6.45, 7) is 4.10. The molecule has 3 aromatic carbocycles. The molecule has 1 atom stereocenters. The van der Waals surface area contributed by atoms with Crippen molar-refractivity contribution in [3.63, 3.8) is 0 Å². The number of rotatable bonds is 8. The first-order valence-electron chi connectivity index (χ1n) is 11.8. The Hall–Kier alpha value is -4.30. The Labute approximate surface area is 218 Å². The Kier molecular flexibility index (Phi) is 7.37. The Bertz CT molecular complexity index is 1450. The minimum atomic E-state index is -0.361. The molecule has 0 spiro atoms. The van der Waals surface area contributed by atoms with Crippen molar-refractivity contribution >= 4 is 29.1 Å². The smallest absolute Gasteiger partial charge is 0.242 e. The van der Waals surface area contributed by atoms with Crippen molar-refractivity contribution < 1.29 is 9.18 Å². The lowest BCUT2D eigenvalue weighted by Gasteiger charge is -2.12. The van der Waals surface area contributed by atoms with E-state index >= 15 is 0 Å². The van der Waals surface area contributed by atoms with Crippen molar-refractivity contribution in [2.75, 3.05) is 6.54 Å². The Morgan fingerprint density at radius 2 is 1.70 bits per heavy atom. The number of para-hydroxylation sites is 1. The molecule has 6 nitrogen and oxygen atoms in total. The van der Waals surface area contributed by atoms with Gasteiger partial charge < -0.3 is 0 Å². The molecule has 0 saturated carbocycles. The number of amidine groups is 1. The summed E-state index contributed by atoms with van der Waals surface area (Å²) in [5, 5.41) is 13.7. The number of carbonyl (C=O) groups excluding carboxylic acids is 1. The van der Waals surface area contributed by atoms with Gasteiger partial charge in [-0.25, -0.2) is 9.07 Å². The van der Waals surface area contributed by atoms with Crippen LogP contribution in [-0.4, -0.2) is 43.8 Å². The second kappa shape index (κ2) is 11.2. The number of amides is 1. The van der Waals surface area contributed by atoms with Gasteiger partial charge in [-0.2, -0.15) is 10.2 Å². The van der Waals surface area contributed by atoms with Gasteiger partial charge in [0.2, 0.25) is 5.91 Å². The van der Waals surface area contributed by atoms with E-state index in [9.17, 15) is 9.18 Å². The van der Waals surface area contributed by atoms with Crippen LogP contribution in [0.1, 0.15) is 11.1 Å². The predicted molar refractivity (Wildman–Crippen MR) is 147 cm³/mol. The van der Waals surface area contributed by atoms with Gasteiger partial charge in [-0.05, 0) is 36.2 Å². The van der Waals surface area contributed by atoms with Crippen molar-refractivity contribution in [3.8, 4) is 16.9 Å². The van der Waals surface area contributed by atoms with E-state index < -0.39 is 0 Å². The molecule has 37 heavy (non-hydrogen) atoms. The lowest BCUT2D eigenvalue weighted by Crippen LogP contribution is -2.32. The maximum atomic E-state index is 13.3. The standard InChI is InChI=1S/C29H24FN5OS/c1-2-17-34-28(36)26(18-21-13-15-24(30)16-14-21)37-29(34)32-31-19-23-20-35(25-11-7-4-8-12-25)33-27(23)22-9-5-3-6-10-22/h2-16,19-20,26H,1,17-18H2. The molecule has 0 aliphatic carbocycles. The molecule has 1 amide bonds. The summed E-state index contributed by atoms with van der Waals surface area (Å²) in [7, 11) is 0. The van der Waals surface area contributed by atoms with E-state index in [2.05, 4.69) is 16.8 Å². The lowest BCUT2D eigenvalue weighted by atomic mass is 10.1. The van der Waals surface area contributed by atoms with Crippen molar-refractivity contribution in [1.29, 1.82) is 0 Å². The van der Waals surface area contributed by atoms with E-state index in [0.717, 1.165) is 28.1 Å². The third-order valence-electron chi connectivity index (χ3n) is 5.82. The zero-order valence-electron chi connectivity index (χ0n) is 19.9. The first-order chi connectivity index (χ1) is 18.1. The van der Waals surface area contributed by atoms with Crippen LogP contribution in [0.3, 0.4) is 0 Å². The van der Waals surface area contributed by atoms with Crippen LogP contribution in [0.5, 0.6) is 0 Å². The third kappa shape index (κ3) is 5.59. The number of hydrogen-bond acceptors (Lipinski definition) is 5. The van der Waals surface area contributed by atoms with Crippen LogP contribution in [0.15, 0.2) is 114 Å². The summed E-state index contributed by atoms with van der Waals surface area (Å²) in [6, 6.07) is 25.9. The highest BCUT2D eigenvalue weighted by atomic mass is 32.2. The van der Waals surface area contributed by atoms with E-state index in [1.165, 1.54) is 23.9 Å². The topological polar surface area (TPSA) is 62.9 Å². The van der Waals surface area contributed by atoms with Crippen molar-refractivity contribution in [2.24, 2.45) is 10.2 Å². The minimum Gasteiger partial charge on any atom is -0.285 e. The van der Waals surface area contributed by atoms with Gasteiger partial charge in [-0.3, -0.25) is 9.69 Å². The highest BCUT2D eigenvalue weighted by Crippen LogP contribution is 2.30. The molecule has 1 aliphatic heterocycles. The van der Waals surface area contributed by atoms with Gasteiger partial charge in [0.1, 0.15) is 11.5 Å². The first kappa shape index (κ1) is 24.4. The van der Waals surface area contributed by atoms with Crippen LogP contribution >= 0.6 is 11.8 Å². The molecule has 1 aliphatic rings. The van der Waals surface area contributed by atoms with Crippen LogP contribution in [0.4, 0.5) is 4.39 Å². The number of benzene rings is 3. The summed E-state index contributed by atoms with van der Waals surface area (Å²) in [6.07, 6.45) is 5.71. The average molecular weight is 510 g/mol. The van der Waals surface area contributed by atoms with E-state index in [-0.39, 0.29) is 17.0 Å². The van der Waals surface area contributed by atoms with E-state index in [4.69, 9.17) is 5.10 Å². The highest BCUT2D eigenvalue weighted by molar-refractivity contribution is 8.15. The molecule has 1 unspecified atom stereocenters. The van der Waals surface area contributed by atoms with Crippen LogP contribution in [0.2, 0.25) is 0 Å². The maximum absolute atomic E-state index is 13.3. The molecule has 8 heteroatoms. The van der Waals surface area contributed by atoms with Gasteiger partial charge in [-0.15, -0.1) is 11.7 Å². The fourth-order valence-electron chi connectivity index (χ4n) is 4.00. The Morgan fingerprint density at radius 1 is 1.00 bits per heavy atom. The van der Waals surface area contributed by atoms with Gasteiger partial charge in [-0.1, -0.05) is 78.5 Å². The van der Waals surface area contributed by atoms with E-state index in [1.807, 2.05) is 71.5 Å². The Balaban J connectivity index is 1.42. The van der Waals surface area contributed by atoms with Crippen LogP contribution in [-0.2, 0) is 11.2 Å². The number of nitrogens with zero attached hydrogens (tertiary/aromatic N) is 5. The fourth-order valence-corrected chi connectivity index (χ4v) is 5.15. The van der Waals surface area contributed by atoms with Gasteiger partial charge in [0.25, 0.3) is 0 Å². The summed E-state index contributed by atoms with van der Waals surface area (Å²) in [5.41, 5.74) is 4.36. The SMILES string of the molecule is C=CCN1C(=O)C(Cc2ccc(F)cc2)SC1=NN=Cc1cn(-c2ccccc2)nc1-c1ccccc1. The zero-order chi connectivity index (χ0) is 25.6. The largest absolute Gasteiger partial charge is 0.285 e. The fraction of sp³-hybridized carbons (Fsp3) is 0.103. The molecule has 1 aromatic heterocycles. The average Bonchev–Trinajstić information content (AvgIpc) is 3.48. The van der Waals surface area contributed by atoms with Crippen LogP contribution in [0, 0.1) is 5.82 Å². The van der Waals surface area contributed by atoms with Gasteiger partial charge >= 0.3 is 0 Å². The number of aromatic nitrogens is 2. The van der Waals surface area contributed by atoms with E-state index in [0.29, 0.717) is 18.1 Å². The molecular formula is C29H24FN5OS. The normalized spacial score (nSPS) is 16.7. The van der Waals surface area contributed by atoms with Crippen LogP contribution in [0.25, 0.3) is 16.9 Å². The van der Waals surface area contributed by atoms with E-state index in [1.54, 1.807) is 29.3 Å². The zero-order valence-corrected chi connectivity index (χ0v) is 20.8. The summed E-state index contributed by atoms with van der Waals surface area (Å²) < 4.78 is 15.1. The molecule has 1 saturated heterocycles. The number of carbonyl (C=O) groups is 1. The quantitative estimate of drug-likeness (QED) is 0.173. The molecule has 0 bridgehead atoms. The predicted octanol–water partition coefficient (Wildman–Crippen LogP) is 5.74. The third-order valence-corrected chi connectivity index (χ3v) is 6.98. The minimum absolute atomic E-state index is 0.0648. The van der Waals surface area contributed by atoms with Crippen LogP contribution < -0.4 is 0 Å². The number of thioether (sulfide) groups is 1.